The summed E-state index contributed by atoms with van der Waals surface area (Å²) in [6.45, 7) is 19.3. The van der Waals surface area contributed by atoms with E-state index in [9.17, 15) is 18.3 Å². The lowest BCUT2D eigenvalue weighted by atomic mass is 9.33. The number of fused-ring (bicyclic) bond motifs is 7. The average molecular weight is 685 g/mol. The van der Waals surface area contributed by atoms with Crippen LogP contribution in [0.4, 0.5) is 0 Å². The van der Waals surface area contributed by atoms with Crippen LogP contribution in [-0.2, 0) is 15.8 Å². The highest BCUT2D eigenvalue weighted by Gasteiger charge is 2.70. The number of carboxylic acid groups (broad SMARTS) is 1. The number of rotatable bonds is 7. The van der Waals surface area contributed by atoms with Gasteiger partial charge in [0.05, 0.1) is 11.3 Å². The van der Waals surface area contributed by atoms with Gasteiger partial charge in [-0.15, -0.1) is 0 Å². The Kier molecular flexibility index (Phi) is 8.23. The molecule has 9 atom stereocenters. The van der Waals surface area contributed by atoms with Crippen molar-refractivity contribution in [2.45, 2.75) is 111 Å². The number of allylic oxidation sites excluding steroid dienone is 3. The van der Waals surface area contributed by atoms with Crippen LogP contribution in [-0.4, -0.2) is 30.0 Å². The van der Waals surface area contributed by atoms with Gasteiger partial charge in [0.2, 0.25) is 10.0 Å². The molecule has 5 aliphatic carbocycles. The van der Waals surface area contributed by atoms with E-state index in [1.807, 2.05) is 24.3 Å². The van der Waals surface area contributed by atoms with E-state index in [0.717, 1.165) is 44.1 Å². The van der Waals surface area contributed by atoms with Crippen LogP contribution in [0.1, 0.15) is 121 Å². The summed E-state index contributed by atoms with van der Waals surface area (Å²) in [6.07, 6.45) is 13.6. The Balaban J connectivity index is 1.21. The number of nitrogens with zero attached hydrogens (tertiary/aromatic N) is 1. The standard InChI is InChI=1S/C42H56N2O4S/c1-27(2)31-17-22-42(44-49(47,48)26-30-10-8-9-25-43-30)24-23-40(6)33(36(31)42)15-16-35-39(5)20-18-32(28-11-13-29(14-12-28)37(45)46)38(3,4)34(39)19-21-41(35,40)7/h8-14,18,25,31,33-36,44H,1,15-17,19-24,26H2,2-7H3,(H,45,46)/t31-,33+,34-,35+,36+,39-,40+,41+,42-/m0/s1. The molecule has 0 aliphatic heterocycles. The van der Waals surface area contributed by atoms with Crippen LogP contribution >= 0.6 is 0 Å². The van der Waals surface area contributed by atoms with Crippen LogP contribution < -0.4 is 4.72 Å². The fourth-order valence-electron chi connectivity index (χ4n) is 13.2. The summed E-state index contributed by atoms with van der Waals surface area (Å²) in [6, 6.07) is 13.0. The monoisotopic (exact) mass is 684 g/mol. The van der Waals surface area contributed by atoms with Gasteiger partial charge in [-0.3, -0.25) is 4.98 Å². The van der Waals surface area contributed by atoms with Gasteiger partial charge in [-0.2, -0.15) is 0 Å². The quantitative estimate of drug-likeness (QED) is 0.284. The Morgan fingerprint density at radius 2 is 1.65 bits per heavy atom. The lowest BCUT2D eigenvalue weighted by Gasteiger charge is -2.72. The highest BCUT2D eigenvalue weighted by atomic mass is 32.2. The highest BCUT2D eigenvalue weighted by Crippen LogP contribution is 2.76. The zero-order valence-electron chi connectivity index (χ0n) is 30.4. The Morgan fingerprint density at radius 1 is 0.918 bits per heavy atom. The summed E-state index contributed by atoms with van der Waals surface area (Å²) < 4.78 is 31.1. The average Bonchev–Trinajstić information content (AvgIpc) is 3.40. The lowest BCUT2D eigenvalue weighted by molar-refractivity contribution is -0.218. The first kappa shape index (κ1) is 34.7. The fourth-order valence-corrected chi connectivity index (χ4v) is 14.8. The normalized spacial score (nSPS) is 39.5. The predicted molar refractivity (Wildman–Crippen MR) is 196 cm³/mol. The van der Waals surface area contributed by atoms with Crippen LogP contribution in [0, 0.1) is 51.2 Å². The third-order valence-electron chi connectivity index (χ3n) is 15.5. The van der Waals surface area contributed by atoms with Gasteiger partial charge in [0.1, 0.15) is 5.75 Å². The molecule has 5 aliphatic rings. The summed E-state index contributed by atoms with van der Waals surface area (Å²) in [5, 5.41) is 9.47. The molecular weight excluding hydrogens is 629 g/mol. The van der Waals surface area contributed by atoms with Crippen LogP contribution in [0.15, 0.2) is 66.9 Å². The Hall–Kier alpha value is -2.77. The Morgan fingerprint density at radius 3 is 2.31 bits per heavy atom. The van der Waals surface area contributed by atoms with Crippen LogP contribution in [0.2, 0.25) is 0 Å². The molecule has 4 saturated carbocycles. The number of hydrogen-bond donors (Lipinski definition) is 2. The predicted octanol–water partition coefficient (Wildman–Crippen LogP) is 9.30. The smallest absolute Gasteiger partial charge is 0.335 e. The molecule has 49 heavy (non-hydrogen) atoms. The van der Waals surface area contributed by atoms with Gasteiger partial charge in [-0.05, 0) is 151 Å². The summed E-state index contributed by atoms with van der Waals surface area (Å²) in [7, 11) is -3.59. The summed E-state index contributed by atoms with van der Waals surface area (Å²) in [5.74, 6) is 1.11. The zero-order chi connectivity index (χ0) is 35.2. The van der Waals surface area contributed by atoms with Crippen molar-refractivity contribution in [1.82, 2.24) is 9.71 Å². The van der Waals surface area contributed by atoms with E-state index in [1.165, 1.54) is 30.4 Å². The molecule has 1 aromatic carbocycles. The molecule has 7 heteroatoms. The molecule has 1 heterocycles. The number of sulfonamides is 1. The molecule has 0 bridgehead atoms. The van der Waals surface area contributed by atoms with Crippen molar-refractivity contribution in [2.24, 2.45) is 51.2 Å². The van der Waals surface area contributed by atoms with Crippen molar-refractivity contribution in [3.05, 3.63) is 83.7 Å². The molecule has 0 amide bonds. The van der Waals surface area contributed by atoms with E-state index in [4.69, 9.17) is 0 Å². The van der Waals surface area contributed by atoms with E-state index in [1.54, 1.807) is 24.4 Å². The summed E-state index contributed by atoms with van der Waals surface area (Å²) in [5.41, 5.74) is 4.52. The molecule has 4 fully saturated rings. The minimum absolute atomic E-state index is 0.0407. The maximum absolute atomic E-state index is 13.8. The van der Waals surface area contributed by atoms with Gasteiger partial charge >= 0.3 is 5.97 Å². The molecule has 0 radical (unpaired) electrons. The van der Waals surface area contributed by atoms with Crippen LogP contribution in [0.25, 0.3) is 5.57 Å². The third-order valence-corrected chi connectivity index (χ3v) is 16.9. The van der Waals surface area contributed by atoms with Gasteiger partial charge in [0.25, 0.3) is 0 Å². The number of aromatic carboxylic acids is 1. The molecule has 0 spiro atoms. The maximum atomic E-state index is 13.8. The fraction of sp³-hybridized carbons (Fsp3) is 0.619. The molecule has 2 aromatic rings. The van der Waals surface area contributed by atoms with Crippen molar-refractivity contribution in [3.63, 3.8) is 0 Å². The van der Waals surface area contributed by atoms with E-state index in [0.29, 0.717) is 34.9 Å². The Labute approximate surface area is 294 Å². The number of carboxylic acids is 1. The molecule has 6 nitrogen and oxygen atoms in total. The summed E-state index contributed by atoms with van der Waals surface area (Å²) in [4.78, 5) is 15.9. The van der Waals surface area contributed by atoms with E-state index in [2.05, 4.69) is 63.9 Å². The molecule has 0 saturated heterocycles. The van der Waals surface area contributed by atoms with Crippen molar-refractivity contribution >= 4 is 21.6 Å². The first-order chi connectivity index (χ1) is 23.0. The molecule has 7 rings (SSSR count). The van der Waals surface area contributed by atoms with Gasteiger partial charge in [0, 0.05) is 11.7 Å². The van der Waals surface area contributed by atoms with Gasteiger partial charge < -0.3 is 5.11 Å². The van der Waals surface area contributed by atoms with E-state index >= 15 is 0 Å². The number of hydrogen-bond acceptors (Lipinski definition) is 4. The maximum Gasteiger partial charge on any atom is 0.335 e. The lowest BCUT2D eigenvalue weighted by Crippen LogP contribution is -2.68. The molecule has 264 valence electrons. The minimum Gasteiger partial charge on any atom is -0.478 e. The second kappa shape index (κ2) is 11.6. The SMILES string of the molecule is C=C(C)[C@@H]1CC[C@]2(NS(=O)(=O)Cc3ccccn3)CC[C@]3(C)[C@H](CC[C@@H]4[C@@]5(C)CC=C(c6ccc(C(=O)O)cc6)C(C)(C)[C@@H]5CC[C@]43C)[C@@H]12. The minimum atomic E-state index is -3.59. The number of pyridine rings is 1. The van der Waals surface area contributed by atoms with Gasteiger partial charge in [-0.25, -0.2) is 17.9 Å². The number of carbonyl (C=O) groups is 1. The highest BCUT2D eigenvalue weighted by molar-refractivity contribution is 7.88. The summed E-state index contributed by atoms with van der Waals surface area (Å²) >= 11 is 0. The molecule has 0 unspecified atom stereocenters. The molecule has 1 aromatic heterocycles. The largest absolute Gasteiger partial charge is 0.478 e. The van der Waals surface area contributed by atoms with Gasteiger partial charge in [0.15, 0.2) is 0 Å². The van der Waals surface area contributed by atoms with Crippen LogP contribution in [0.5, 0.6) is 0 Å². The van der Waals surface area contributed by atoms with Gasteiger partial charge in [-0.1, -0.05) is 71.0 Å². The second-order valence-corrected chi connectivity index (χ2v) is 19.7. The molecular formula is C42H56N2O4S. The zero-order valence-corrected chi connectivity index (χ0v) is 31.2. The number of aromatic nitrogens is 1. The van der Waals surface area contributed by atoms with E-state index < -0.39 is 21.5 Å². The number of nitrogens with one attached hydrogen (secondary N) is 1. The third kappa shape index (κ3) is 5.22. The van der Waals surface area contributed by atoms with Crippen molar-refractivity contribution in [1.29, 1.82) is 0 Å². The van der Waals surface area contributed by atoms with Crippen molar-refractivity contribution < 1.29 is 18.3 Å². The first-order valence-corrected chi connectivity index (χ1v) is 20.2. The van der Waals surface area contributed by atoms with E-state index in [-0.39, 0.29) is 33.3 Å². The number of benzene rings is 1. The topological polar surface area (TPSA) is 96.4 Å². The van der Waals surface area contributed by atoms with Crippen molar-refractivity contribution in [2.75, 3.05) is 0 Å². The molecule has 2 N–H and O–H groups in total. The van der Waals surface area contributed by atoms with Crippen LogP contribution in [0.3, 0.4) is 0 Å². The Bertz CT molecular complexity index is 1780. The second-order valence-electron chi connectivity index (χ2n) is 18.0. The van der Waals surface area contributed by atoms with Crippen molar-refractivity contribution in [3.8, 4) is 0 Å². The first-order valence-electron chi connectivity index (χ1n) is 18.6.